The molecule has 0 aromatic rings. The number of hydrogen-bond acceptors (Lipinski definition) is 2. The highest BCUT2D eigenvalue weighted by molar-refractivity contribution is 4.59. The molecule has 0 aromatic heterocycles. The van der Waals surface area contributed by atoms with Crippen LogP contribution in [0.1, 0.15) is 34.1 Å². The molecule has 0 spiro atoms. The summed E-state index contributed by atoms with van der Waals surface area (Å²) in [6.45, 7) is 10.3. The Morgan fingerprint density at radius 3 is 2.17 bits per heavy atom. The second-order valence-corrected chi connectivity index (χ2v) is 2.73. The minimum atomic E-state index is 0.676. The molecule has 0 saturated carbocycles. The van der Waals surface area contributed by atoms with Crippen LogP contribution < -0.4 is 0 Å². The Morgan fingerprint density at radius 2 is 1.83 bits per heavy atom. The van der Waals surface area contributed by atoms with Crippen LogP contribution in [0.3, 0.4) is 0 Å². The average Bonchev–Trinajstić information content (AvgIpc) is 2.16. The molecule has 0 bridgehead atoms. The molecule has 0 aliphatic rings. The molecule has 0 aliphatic carbocycles. The van der Waals surface area contributed by atoms with Crippen molar-refractivity contribution in [2.45, 2.75) is 40.2 Å². The van der Waals surface area contributed by atoms with E-state index in [-0.39, 0.29) is 0 Å². The van der Waals surface area contributed by atoms with Crippen molar-refractivity contribution in [2.75, 3.05) is 27.3 Å². The van der Waals surface area contributed by atoms with Crippen molar-refractivity contribution in [3.63, 3.8) is 0 Å². The van der Waals surface area contributed by atoms with Crippen molar-refractivity contribution in [3.8, 4) is 0 Å². The summed E-state index contributed by atoms with van der Waals surface area (Å²) in [6.07, 6.45) is 1.21. The molecule has 76 valence electrons. The fourth-order valence-electron chi connectivity index (χ4n) is 0.767. The van der Waals surface area contributed by atoms with Gasteiger partial charge in [-0.25, -0.2) is 0 Å². The molecular weight excluding hydrogens is 150 g/mol. The van der Waals surface area contributed by atoms with Crippen LogP contribution in [-0.4, -0.2) is 38.3 Å². The number of ether oxygens (including phenoxy) is 1. The van der Waals surface area contributed by atoms with Gasteiger partial charge in [0.1, 0.15) is 0 Å². The van der Waals surface area contributed by atoms with E-state index >= 15 is 0 Å². The van der Waals surface area contributed by atoms with Crippen molar-refractivity contribution in [3.05, 3.63) is 0 Å². The summed E-state index contributed by atoms with van der Waals surface area (Å²) in [5.74, 6) is 0. The molecule has 2 nitrogen and oxygen atoms in total. The van der Waals surface area contributed by atoms with E-state index < -0.39 is 0 Å². The second-order valence-electron chi connectivity index (χ2n) is 2.73. The van der Waals surface area contributed by atoms with Crippen molar-refractivity contribution in [1.29, 1.82) is 0 Å². The summed E-state index contributed by atoms with van der Waals surface area (Å²) in [6, 6.07) is 0.676. The highest BCUT2D eigenvalue weighted by Gasteiger charge is 2.04. The monoisotopic (exact) mass is 175 g/mol. The summed E-state index contributed by atoms with van der Waals surface area (Å²) in [4.78, 5) is 2.31. The van der Waals surface area contributed by atoms with E-state index in [0.717, 1.165) is 13.2 Å². The quantitative estimate of drug-likeness (QED) is 0.636. The standard InChI is InChI=1S/C8H19NO.C2H6/c1-5-8(2)9(3)6-7-10-4;1-2/h8H,5-7H2,1-4H3;1-2H3. The van der Waals surface area contributed by atoms with Gasteiger partial charge in [-0.2, -0.15) is 0 Å². The molecule has 0 amide bonds. The van der Waals surface area contributed by atoms with Crippen LogP contribution in [0.25, 0.3) is 0 Å². The van der Waals surface area contributed by atoms with Gasteiger partial charge in [0.25, 0.3) is 0 Å². The summed E-state index contributed by atoms with van der Waals surface area (Å²) in [7, 11) is 3.87. The first-order valence-electron chi connectivity index (χ1n) is 4.91. The molecule has 0 rings (SSSR count). The Morgan fingerprint density at radius 1 is 1.33 bits per heavy atom. The first-order valence-corrected chi connectivity index (χ1v) is 4.91. The maximum absolute atomic E-state index is 4.97. The molecule has 0 aromatic carbocycles. The fraction of sp³-hybridized carbons (Fsp3) is 1.00. The topological polar surface area (TPSA) is 12.5 Å². The maximum atomic E-state index is 4.97. The van der Waals surface area contributed by atoms with Crippen molar-refractivity contribution < 1.29 is 4.74 Å². The third-order valence-electron chi connectivity index (χ3n) is 1.99. The van der Waals surface area contributed by atoms with E-state index in [1.54, 1.807) is 7.11 Å². The fourth-order valence-corrected chi connectivity index (χ4v) is 0.767. The second kappa shape index (κ2) is 10.9. The van der Waals surface area contributed by atoms with E-state index in [0.29, 0.717) is 6.04 Å². The lowest BCUT2D eigenvalue weighted by atomic mass is 10.2. The molecule has 0 saturated heterocycles. The maximum Gasteiger partial charge on any atom is 0.0589 e. The number of likely N-dealkylation sites (N-methyl/N-ethyl adjacent to an activating group) is 1. The minimum Gasteiger partial charge on any atom is -0.383 e. The van der Waals surface area contributed by atoms with Crippen molar-refractivity contribution in [1.82, 2.24) is 4.90 Å². The van der Waals surface area contributed by atoms with Gasteiger partial charge >= 0.3 is 0 Å². The first-order chi connectivity index (χ1) is 5.72. The lowest BCUT2D eigenvalue weighted by Crippen LogP contribution is -2.31. The predicted octanol–water partition coefficient (Wildman–Crippen LogP) is 2.39. The van der Waals surface area contributed by atoms with Crippen molar-refractivity contribution in [2.24, 2.45) is 0 Å². The van der Waals surface area contributed by atoms with Gasteiger partial charge in [0, 0.05) is 19.7 Å². The summed E-state index contributed by atoms with van der Waals surface area (Å²) in [5.41, 5.74) is 0. The van der Waals surface area contributed by atoms with Gasteiger partial charge in [-0.05, 0) is 20.4 Å². The Hall–Kier alpha value is -0.0800. The molecule has 2 heteroatoms. The summed E-state index contributed by atoms with van der Waals surface area (Å²) < 4.78 is 4.97. The van der Waals surface area contributed by atoms with Crippen LogP contribution in [0, 0.1) is 0 Å². The number of methoxy groups -OCH3 is 1. The van der Waals surface area contributed by atoms with Crippen LogP contribution in [0.2, 0.25) is 0 Å². The molecule has 0 radical (unpaired) electrons. The summed E-state index contributed by atoms with van der Waals surface area (Å²) >= 11 is 0. The lowest BCUT2D eigenvalue weighted by molar-refractivity contribution is 0.142. The zero-order valence-electron chi connectivity index (χ0n) is 9.55. The SMILES string of the molecule is CC.CCC(C)N(C)CCOC. The van der Waals surface area contributed by atoms with Gasteiger partial charge in [-0.1, -0.05) is 20.8 Å². The van der Waals surface area contributed by atoms with Crippen LogP contribution >= 0.6 is 0 Å². The van der Waals surface area contributed by atoms with Gasteiger partial charge < -0.3 is 9.64 Å². The van der Waals surface area contributed by atoms with E-state index in [4.69, 9.17) is 4.74 Å². The highest BCUT2D eigenvalue weighted by atomic mass is 16.5. The zero-order valence-corrected chi connectivity index (χ0v) is 9.55. The minimum absolute atomic E-state index is 0.676. The Kier molecular flexibility index (Phi) is 13.1. The van der Waals surface area contributed by atoms with Gasteiger partial charge in [0.2, 0.25) is 0 Å². The molecular formula is C10H25NO. The Bertz CT molecular complexity index is 76.2. The molecule has 1 atom stereocenters. The molecule has 0 aliphatic heterocycles. The van der Waals surface area contributed by atoms with E-state index in [2.05, 4.69) is 25.8 Å². The highest BCUT2D eigenvalue weighted by Crippen LogP contribution is 1.98. The van der Waals surface area contributed by atoms with E-state index in [1.165, 1.54) is 6.42 Å². The molecule has 1 unspecified atom stereocenters. The first kappa shape index (κ1) is 14.4. The van der Waals surface area contributed by atoms with Crippen LogP contribution in [0.4, 0.5) is 0 Å². The van der Waals surface area contributed by atoms with Crippen molar-refractivity contribution >= 4 is 0 Å². The lowest BCUT2D eigenvalue weighted by Gasteiger charge is -2.22. The molecule has 0 fully saturated rings. The van der Waals surface area contributed by atoms with E-state index in [1.807, 2.05) is 13.8 Å². The van der Waals surface area contributed by atoms with Crippen LogP contribution in [0.15, 0.2) is 0 Å². The van der Waals surface area contributed by atoms with Crippen LogP contribution in [-0.2, 0) is 4.74 Å². The number of hydrogen-bond donors (Lipinski definition) is 0. The Balaban J connectivity index is 0. The third kappa shape index (κ3) is 8.02. The van der Waals surface area contributed by atoms with Crippen LogP contribution in [0.5, 0.6) is 0 Å². The smallest absolute Gasteiger partial charge is 0.0589 e. The van der Waals surface area contributed by atoms with Gasteiger partial charge in [-0.3, -0.25) is 0 Å². The molecule has 12 heavy (non-hydrogen) atoms. The zero-order chi connectivity index (χ0) is 9.98. The number of nitrogens with zero attached hydrogens (tertiary/aromatic N) is 1. The van der Waals surface area contributed by atoms with Gasteiger partial charge in [0.05, 0.1) is 6.61 Å². The third-order valence-corrected chi connectivity index (χ3v) is 1.99. The average molecular weight is 175 g/mol. The normalized spacial score (nSPS) is 12.2. The predicted molar refractivity (Wildman–Crippen MR) is 55.6 cm³/mol. The number of rotatable bonds is 5. The van der Waals surface area contributed by atoms with Gasteiger partial charge in [-0.15, -0.1) is 0 Å². The molecule has 0 N–H and O–H groups in total. The summed E-state index contributed by atoms with van der Waals surface area (Å²) in [5, 5.41) is 0. The molecule has 0 heterocycles. The largest absolute Gasteiger partial charge is 0.383 e. The Labute approximate surface area is 77.9 Å². The van der Waals surface area contributed by atoms with Gasteiger partial charge in [0.15, 0.2) is 0 Å². The van der Waals surface area contributed by atoms with E-state index in [9.17, 15) is 0 Å².